The number of anilines is 2. The number of urea groups is 1. The molecule has 1 saturated carbocycles. The molecule has 13 heteroatoms. The summed E-state index contributed by atoms with van der Waals surface area (Å²) in [6, 6.07) is 4.87. The van der Waals surface area contributed by atoms with E-state index in [1.807, 2.05) is 49.7 Å². The van der Waals surface area contributed by atoms with Gasteiger partial charge in [-0.3, -0.25) is 19.4 Å². The number of aryl methyl sites for hydroxylation is 2. The average molecular weight is 542 g/mol. The third-order valence-electron chi connectivity index (χ3n) is 7.05. The molecule has 4 aromatic rings. The third-order valence-corrected chi connectivity index (χ3v) is 7.05. The summed E-state index contributed by atoms with van der Waals surface area (Å²) in [5.74, 6) is 0.684. The van der Waals surface area contributed by atoms with E-state index in [1.54, 1.807) is 12.3 Å². The second-order valence-electron chi connectivity index (χ2n) is 10.2. The van der Waals surface area contributed by atoms with Gasteiger partial charge in [0.05, 0.1) is 17.6 Å². The number of imidazole rings is 1. The van der Waals surface area contributed by atoms with Crippen molar-refractivity contribution in [2.75, 3.05) is 23.8 Å². The van der Waals surface area contributed by atoms with Crippen molar-refractivity contribution in [2.45, 2.75) is 39.2 Å². The zero-order valence-corrected chi connectivity index (χ0v) is 22.4. The Morgan fingerprint density at radius 1 is 1.18 bits per heavy atom. The van der Waals surface area contributed by atoms with Crippen molar-refractivity contribution < 1.29 is 19.1 Å². The molecule has 5 heterocycles. The Labute approximate surface area is 229 Å². The molecule has 0 radical (unpaired) electrons. The second kappa shape index (κ2) is 9.67. The van der Waals surface area contributed by atoms with Crippen LogP contribution in [-0.4, -0.2) is 65.9 Å². The van der Waals surface area contributed by atoms with Gasteiger partial charge in [0, 0.05) is 49.2 Å². The molecule has 1 aliphatic carbocycles. The van der Waals surface area contributed by atoms with Crippen LogP contribution in [0.2, 0.25) is 0 Å². The number of rotatable bonds is 7. The molecular weight excluding hydrogens is 514 g/mol. The summed E-state index contributed by atoms with van der Waals surface area (Å²) in [6.45, 7) is 5.60. The van der Waals surface area contributed by atoms with Gasteiger partial charge in [-0.05, 0) is 44.9 Å². The Balaban J connectivity index is 1.16. The Hall–Kier alpha value is -4.94. The minimum atomic E-state index is -0.495. The second-order valence-corrected chi connectivity index (χ2v) is 10.2. The summed E-state index contributed by atoms with van der Waals surface area (Å²) in [4.78, 5) is 53.5. The lowest BCUT2D eigenvalue weighted by atomic mass is 10.2. The first-order valence-corrected chi connectivity index (χ1v) is 12.8. The van der Waals surface area contributed by atoms with E-state index in [-0.39, 0.29) is 36.0 Å². The van der Waals surface area contributed by atoms with Crippen molar-refractivity contribution in [2.24, 2.45) is 5.92 Å². The molecule has 1 N–H and O–H groups in total. The highest BCUT2D eigenvalue weighted by molar-refractivity contribution is 6.13. The average Bonchev–Trinajstić information content (AvgIpc) is 3.55. The van der Waals surface area contributed by atoms with Crippen LogP contribution in [0.15, 0.2) is 43.0 Å². The first-order chi connectivity index (χ1) is 19.2. The number of nitrogens with one attached hydrogen (secondary N) is 1. The van der Waals surface area contributed by atoms with Gasteiger partial charge in [0.2, 0.25) is 11.8 Å². The van der Waals surface area contributed by atoms with E-state index in [1.165, 1.54) is 18.1 Å². The highest BCUT2D eigenvalue weighted by Gasteiger charge is 2.46. The van der Waals surface area contributed by atoms with Crippen LogP contribution < -0.4 is 15.0 Å². The largest absolute Gasteiger partial charge is 0.483 e. The predicted octanol–water partition coefficient (Wildman–Crippen LogP) is 2.81. The van der Waals surface area contributed by atoms with Gasteiger partial charge >= 0.3 is 6.03 Å². The van der Waals surface area contributed by atoms with Gasteiger partial charge in [-0.1, -0.05) is 0 Å². The van der Waals surface area contributed by atoms with E-state index >= 15 is 0 Å². The normalized spacial score (nSPS) is 19.3. The lowest BCUT2D eigenvalue weighted by molar-refractivity contribution is -0.124. The number of amides is 4. The molecule has 0 bridgehead atoms. The monoisotopic (exact) mass is 541 g/mol. The maximum Gasteiger partial charge on any atom is 0.331 e. The van der Waals surface area contributed by atoms with Crippen molar-refractivity contribution in [3.05, 3.63) is 65.8 Å². The van der Waals surface area contributed by atoms with Crippen molar-refractivity contribution in [1.82, 2.24) is 34.4 Å². The number of ether oxygens (including phenoxy) is 1. The first kappa shape index (κ1) is 25.3. The fourth-order valence-electron chi connectivity index (χ4n) is 4.79. The number of carbonyl (C=O) groups excluding carboxylic acids is 3. The Kier molecular flexibility index (Phi) is 6.12. The lowest BCUT2D eigenvalue weighted by Gasteiger charge is -2.16. The van der Waals surface area contributed by atoms with Crippen LogP contribution in [0, 0.1) is 19.8 Å². The number of fused-ring (bicyclic) bond motifs is 1. The number of aromatic nitrogens is 6. The Morgan fingerprint density at radius 2 is 2.00 bits per heavy atom. The molecule has 4 aromatic heterocycles. The van der Waals surface area contributed by atoms with Crippen LogP contribution in [0.5, 0.6) is 5.75 Å². The number of hydrogen-bond acceptors (Lipinski definition) is 9. The van der Waals surface area contributed by atoms with Gasteiger partial charge in [-0.25, -0.2) is 19.7 Å². The first-order valence-electron chi connectivity index (χ1n) is 12.8. The maximum absolute atomic E-state index is 12.8. The highest BCUT2D eigenvalue weighted by Crippen LogP contribution is 2.46. The zero-order chi connectivity index (χ0) is 28.1. The van der Waals surface area contributed by atoms with Gasteiger partial charge in [0.25, 0.3) is 0 Å². The fraction of sp³-hybridized carbons (Fsp3) is 0.333. The standard InChI is InChI=1S/C27H27N9O4/c1-14-7-21(36-13-23(37)34(4)27(36)39)25-31-20(12-35(25)11-14)16(3)40-17-8-22(33-29-10-17)32-26(38)19-9-18(19)24-28-6-5-15(2)30-24/h5-8,10-12,16,18-19H,9,13H2,1-4H3,(H,32,33,38). The molecule has 0 aromatic carbocycles. The van der Waals surface area contributed by atoms with E-state index in [2.05, 4.69) is 25.5 Å². The van der Waals surface area contributed by atoms with Crippen LogP contribution >= 0.6 is 0 Å². The van der Waals surface area contributed by atoms with Crippen molar-refractivity contribution >= 4 is 35.0 Å². The third kappa shape index (κ3) is 4.70. The molecule has 6 rings (SSSR count). The van der Waals surface area contributed by atoms with Gasteiger partial charge in [-0.2, -0.15) is 5.10 Å². The minimum absolute atomic E-state index is 0.00902. The van der Waals surface area contributed by atoms with E-state index in [9.17, 15) is 14.4 Å². The van der Waals surface area contributed by atoms with Gasteiger partial charge in [0.15, 0.2) is 11.5 Å². The van der Waals surface area contributed by atoms with Gasteiger partial charge in [-0.15, -0.1) is 5.10 Å². The van der Waals surface area contributed by atoms with Gasteiger partial charge < -0.3 is 14.5 Å². The number of nitrogens with zero attached hydrogens (tertiary/aromatic N) is 8. The summed E-state index contributed by atoms with van der Waals surface area (Å²) in [6.07, 6.45) is 7.06. The number of imide groups is 1. The zero-order valence-electron chi connectivity index (χ0n) is 22.4. The molecule has 4 amide bonds. The summed E-state index contributed by atoms with van der Waals surface area (Å²) in [7, 11) is 1.46. The summed E-state index contributed by atoms with van der Waals surface area (Å²) >= 11 is 0. The quantitative estimate of drug-likeness (QED) is 0.349. The molecule has 40 heavy (non-hydrogen) atoms. The van der Waals surface area contributed by atoms with Crippen LogP contribution in [0.4, 0.5) is 16.3 Å². The molecule has 204 valence electrons. The number of pyridine rings is 1. The van der Waals surface area contributed by atoms with Crippen molar-refractivity contribution in [3.8, 4) is 5.75 Å². The van der Waals surface area contributed by atoms with Gasteiger partial charge in [0.1, 0.15) is 24.2 Å². The van der Waals surface area contributed by atoms with E-state index < -0.39 is 12.1 Å². The molecule has 0 spiro atoms. The smallest absolute Gasteiger partial charge is 0.331 e. The summed E-state index contributed by atoms with van der Waals surface area (Å²) in [5, 5.41) is 10.8. The topological polar surface area (TPSA) is 148 Å². The van der Waals surface area contributed by atoms with Crippen molar-refractivity contribution in [3.63, 3.8) is 0 Å². The fourth-order valence-corrected chi connectivity index (χ4v) is 4.79. The van der Waals surface area contributed by atoms with Crippen molar-refractivity contribution in [1.29, 1.82) is 0 Å². The van der Waals surface area contributed by atoms with E-state index in [0.717, 1.165) is 16.2 Å². The van der Waals surface area contributed by atoms with E-state index in [0.29, 0.717) is 35.0 Å². The van der Waals surface area contributed by atoms with E-state index in [4.69, 9.17) is 9.72 Å². The van der Waals surface area contributed by atoms with Crippen LogP contribution in [0.3, 0.4) is 0 Å². The molecule has 3 unspecified atom stereocenters. The predicted molar refractivity (Wildman–Crippen MR) is 143 cm³/mol. The molecule has 1 aliphatic heterocycles. The maximum atomic E-state index is 12.8. The summed E-state index contributed by atoms with van der Waals surface area (Å²) < 4.78 is 7.91. The molecular formula is C27H27N9O4. The molecule has 3 atom stereocenters. The lowest BCUT2D eigenvalue weighted by Crippen LogP contribution is -2.30. The molecule has 1 saturated heterocycles. The van der Waals surface area contributed by atoms with Crippen LogP contribution in [0.1, 0.15) is 48.1 Å². The number of hydrogen-bond donors (Lipinski definition) is 1. The SMILES string of the molecule is Cc1cc(N2CC(=O)N(C)C2=O)c2nc(C(C)Oc3cnnc(NC(=O)C4CC4c4nccc(C)n4)c3)cn2c1. The molecule has 2 aliphatic rings. The van der Waals surface area contributed by atoms with Crippen LogP contribution in [-0.2, 0) is 9.59 Å². The summed E-state index contributed by atoms with van der Waals surface area (Å²) in [5.41, 5.74) is 3.46. The highest BCUT2D eigenvalue weighted by atomic mass is 16.5. The Morgan fingerprint density at radius 3 is 2.75 bits per heavy atom. The minimum Gasteiger partial charge on any atom is -0.483 e. The number of carbonyl (C=O) groups is 3. The van der Waals surface area contributed by atoms with Crippen LogP contribution in [0.25, 0.3) is 5.65 Å². The Bertz CT molecular complexity index is 1670. The molecule has 13 nitrogen and oxygen atoms in total. The number of likely N-dealkylation sites (N-methyl/N-ethyl adjacent to an activating group) is 1. The molecule has 2 fully saturated rings.